The van der Waals surface area contributed by atoms with Crippen LogP contribution >= 0.6 is 0 Å². The van der Waals surface area contributed by atoms with E-state index in [4.69, 9.17) is 14.2 Å². The van der Waals surface area contributed by atoms with E-state index in [1.807, 2.05) is 18.2 Å². The molecule has 32 heavy (non-hydrogen) atoms. The van der Waals surface area contributed by atoms with Crippen LogP contribution in [0.3, 0.4) is 0 Å². The minimum Gasteiger partial charge on any atom is -0.495 e. The highest BCUT2D eigenvalue weighted by molar-refractivity contribution is 5.94. The van der Waals surface area contributed by atoms with Gasteiger partial charge in [-0.1, -0.05) is 0 Å². The van der Waals surface area contributed by atoms with Crippen molar-refractivity contribution in [3.8, 4) is 17.2 Å². The van der Waals surface area contributed by atoms with Crippen LogP contribution in [0.4, 0.5) is 4.39 Å². The molecule has 0 saturated carbocycles. The summed E-state index contributed by atoms with van der Waals surface area (Å²) in [5.41, 5.74) is 3.04. The fourth-order valence-corrected chi connectivity index (χ4v) is 3.38. The molecule has 1 aliphatic heterocycles. The van der Waals surface area contributed by atoms with Crippen LogP contribution in [-0.2, 0) is 19.6 Å². The van der Waals surface area contributed by atoms with Crippen LogP contribution in [0.1, 0.15) is 27.3 Å². The fourth-order valence-electron chi connectivity index (χ4n) is 3.38. The molecule has 0 N–H and O–H groups in total. The van der Waals surface area contributed by atoms with Gasteiger partial charge in [-0.2, -0.15) is 0 Å². The number of nitrogens with zero attached hydrogens (tertiary/aromatic N) is 4. The first-order valence-corrected chi connectivity index (χ1v) is 10.2. The summed E-state index contributed by atoms with van der Waals surface area (Å²) in [5, 5.41) is 0. The third-order valence-electron chi connectivity index (χ3n) is 5.03. The van der Waals surface area contributed by atoms with Gasteiger partial charge in [0.05, 0.1) is 37.0 Å². The Morgan fingerprint density at radius 2 is 1.91 bits per heavy atom. The van der Waals surface area contributed by atoms with Crippen molar-refractivity contribution in [2.45, 2.75) is 19.6 Å². The van der Waals surface area contributed by atoms with Crippen LogP contribution in [0, 0.1) is 0 Å². The van der Waals surface area contributed by atoms with Crippen molar-refractivity contribution in [3.05, 3.63) is 71.6 Å². The van der Waals surface area contributed by atoms with E-state index in [-0.39, 0.29) is 12.5 Å². The number of alkyl halides is 1. The van der Waals surface area contributed by atoms with Gasteiger partial charge < -0.3 is 19.1 Å². The molecule has 0 spiro atoms. The average Bonchev–Trinajstić information content (AvgIpc) is 2.85. The van der Waals surface area contributed by atoms with Crippen molar-refractivity contribution in [1.82, 2.24) is 19.9 Å². The number of carbonyl (C=O) groups excluding carboxylic acids is 1. The number of fused-ring (bicyclic) bond motifs is 1. The van der Waals surface area contributed by atoms with Crippen LogP contribution in [0.2, 0.25) is 0 Å². The second-order valence-corrected chi connectivity index (χ2v) is 7.18. The van der Waals surface area contributed by atoms with Gasteiger partial charge in [-0.15, -0.1) is 0 Å². The first kappa shape index (κ1) is 21.5. The van der Waals surface area contributed by atoms with Gasteiger partial charge in [0.15, 0.2) is 0 Å². The SMILES string of the molecule is COc1ccc(COc2cnc3c(c2)CN(C(=O)c2cncc(OCCF)c2)CC3)nc1. The normalized spacial score (nSPS) is 12.8. The van der Waals surface area contributed by atoms with E-state index >= 15 is 0 Å². The van der Waals surface area contributed by atoms with E-state index in [1.54, 1.807) is 30.5 Å². The molecule has 0 aliphatic carbocycles. The lowest BCUT2D eigenvalue weighted by Gasteiger charge is -2.28. The number of halogens is 1. The maximum Gasteiger partial charge on any atom is 0.255 e. The molecule has 0 atom stereocenters. The van der Waals surface area contributed by atoms with Gasteiger partial charge in [0.25, 0.3) is 5.91 Å². The van der Waals surface area contributed by atoms with Crippen molar-refractivity contribution < 1.29 is 23.4 Å². The second-order valence-electron chi connectivity index (χ2n) is 7.18. The summed E-state index contributed by atoms with van der Waals surface area (Å²) < 4.78 is 28.5. The first-order chi connectivity index (χ1) is 15.7. The predicted octanol–water partition coefficient (Wildman–Crippen LogP) is 3.01. The van der Waals surface area contributed by atoms with Gasteiger partial charge in [0.1, 0.15) is 37.1 Å². The lowest BCUT2D eigenvalue weighted by Crippen LogP contribution is -2.36. The number of methoxy groups -OCH3 is 1. The molecule has 166 valence electrons. The number of pyridine rings is 3. The third-order valence-corrected chi connectivity index (χ3v) is 5.03. The third kappa shape index (κ3) is 5.11. The zero-order valence-electron chi connectivity index (χ0n) is 17.7. The number of hydrogen-bond donors (Lipinski definition) is 0. The van der Waals surface area contributed by atoms with Gasteiger partial charge in [0, 0.05) is 31.4 Å². The summed E-state index contributed by atoms with van der Waals surface area (Å²) in [7, 11) is 1.59. The van der Waals surface area contributed by atoms with Gasteiger partial charge >= 0.3 is 0 Å². The van der Waals surface area contributed by atoms with Crippen LogP contribution in [0.15, 0.2) is 49.1 Å². The van der Waals surface area contributed by atoms with E-state index in [2.05, 4.69) is 15.0 Å². The topological polar surface area (TPSA) is 86.7 Å². The Bertz CT molecular complexity index is 1080. The summed E-state index contributed by atoms with van der Waals surface area (Å²) >= 11 is 0. The molecular weight excluding hydrogens is 415 g/mol. The molecule has 0 unspecified atom stereocenters. The molecule has 4 rings (SSSR count). The Labute approximate surface area is 185 Å². The number of amides is 1. The van der Waals surface area contributed by atoms with Crippen LogP contribution < -0.4 is 14.2 Å². The molecule has 1 aliphatic rings. The zero-order valence-corrected chi connectivity index (χ0v) is 17.7. The molecule has 0 bridgehead atoms. The first-order valence-electron chi connectivity index (χ1n) is 10.2. The van der Waals surface area contributed by atoms with Crippen molar-refractivity contribution in [1.29, 1.82) is 0 Å². The lowest BCUT2D eigenvalue weighted by atomic mass is 10.0. The largest absolute Gasteiger partial charge is 0.495 e. The van der Waals surface area contributed by atoms with Crippen molar-refractivity contribution >= 4 is 5.91 Å². The minimum absolute atomic E-state index is 0.0725. The van der Waals surface area contributed by atoms with Gasteiger partial charge in [-0.25, -0.2) is 4.39 Å². The molecular formula is C23H23FN4O4. The van der Waals surface area contributed by atoms with Crippen molar-refractivity contribution in [3.63, 3.8) is 0 Å². The number of aromatic nitrogens is 3. The lowest BCUT2D eigenvalue weighted by molar-refractivity contribution is 0.0732. The Balaban J connectivity index is 1.41. The Morgan fingerprint density at radius 1 is 1.06 bits per heavy atom. The molecule has 0 aromatic carbocycles. The molecule has 1 amide bonds. The summed E-state index contributed by atoms with van der Waals surface area (Å²) in [6.45, 7) is 0.577. The van der Waals surface area contributed by atoms with Gasteiger partial charge in [-0.3, -0.25) is 19.7 Å². The van der Waals surface area contributed by atoms with E-state index in [0.717, 1.165) is 17.0 Å². The highest BCUT2D eigenvalue weighted by Gasteiger charge is 2.23. The van der Waals surface area contributed by atoms with Crippen molar-refractivity contribution in [2.75, 3.05) is 26.9 Å². The summed E-state index contributed by atoms with van der Waals surface area (Å²) in [5.74, 6) is 1.50. The minimum atomic E-state index is -0.604. The maximum atomic E-state index is 13.0. The highest BCUT2D eigenvalue weighted by atomic mass is 19.1. The molecule has 0 saturated heterocycles. The average molecular weight is 438 g/mol. The van der Waals surface area contributed by atoms with E-state index < -0.39 is 6.67 Å². The second kappa shape index (κ2) is 10.0. The Hall–Kier alpha value is -3.75. The number of ether oxygens (including phenoxy) is 3. The van der Waals surface area contributed by atoms with Crippen LogP contribution in [0.5, 0.6) is 17.2 Å². The molecule has 4 heterocycles. The summed E-state index contributed by atoms with van der Waals surface area (Å²) in [4.78, 5) is 27.5. The Morgan fingerprint density at radius 3 is 2.69 bits per heavy atom. The van der Waals surface area contributed by atoms with Crippen LogP contribution in [0.25, 0.3) is 0 Å². The predicted molar refractivity (Wildman–Crippen MR) is 114 cm³/mol. The molecule has 3 aromatic rings. The number of hydrogen-bond acceptors (Lipinski definition) is 7. The molecule has 8 nitrogen and oxygen atoms in total. The van der Waals surface area contributed by atoms with Crippen LogP contribution in [-0.4, -0.2) is 52.7 Å². The van der Waals surface area contributed by atoms with Gasteiger partial charge in [0.2, 0.25) is 0 Å². The quantitative estimate of drug-likeness (QED) is 0.534. The van der Waals surface area contributed by atoms with E-state index in [1.165, 1.54) is 12.4 Å². The molecule has 3 aromatic heterocycles. The summed E-state index contributed by atoms with van der Waals surface area (Å²) in [6.07, 6.45) is 6.92. The zero-order chi connectivity index (χ0) is 22.3. The maximum absolute atomic E-state index is 13.0. The Kier molecular flexibility index (Phi) is 6.74. The van der Waals surface area contributed by atoms with E-state index in [9.17, 15) is 9.18 Å². The summed E-state index contributed by atoms with van der Waals surface area (Å²) in [6, 6.07) is 7.15. The fraction of sp³-hybridized carbons (Fsp3) is 0.304. The molecule has 0 fully saturated rings. The number of rotatable bonds is 8. The standard InChI is InChI=1S/C23H23FN4O4/c1-30-19-3-2-18(26-12-19)15-32-21-9-17-14-28(6-4-22(17)27-13-21)23(29)16-8-20(11-25-10-16)31-7-5-24/h2-3,8-13H,4-7,14-15H2,1H3. The molecule has 0 radical (unpaired) electrons. The van der Waals surface area contributed by atoms with Crippen molar-refractivity contribution in [2.24, 2.45) is 0 Å². The van der Waals surface area contributed by atoms with E-state index in [0.29, 0.717) is 48.9 Å². The number of carbonyl (C=O) groups is 1. The monoisotopic (exact) mass is 438 g/mol. The highest BCUT2D eigenvalue weighted by Crippen LogP contribution is 2.24. The molecule has 9 heteroatoms. The van der Waals surface area contributed by atoms with Gasteiger partial charge in [-0.05, 0) is 29.8 Å². The smallest absolute Gasteiger partial charge is 0.255 e.